The number of aromatic hydroxyl groups is 1. The van der Waals surface area contributed by atoms with Crippen molar-refractivity contribution >= 4 is 6.08 Å². The fourth-order valence-electron chi connectivity index (χ4n) is 0.681. The smallest absolute Gasteiger partial charge is 0.152 e. The first-order valence-corrected chi connectivity index (χ1v) is 3.61. The Balaban J connectivity index is 2.58. The Morgan fingerprint density at radius 3 is 2.58 bits per heavy atom. The molecule has 0 aromatic carbocycles. The third kappa shape index (κ3) is 2.67. The Morgan fingerprint density at radius 2 is 2.00 bits per heavy atom. The fraction of sp³-hybridized carbons (Fsp3) is 0.250. The molecule has 0 aliphatic heterocycles. The highest BCUT2D eigenvalue weighted by atomic mass is 16.3. The number of hydrogen-bond donors (Lipinski definition) is 2. The van der Waals surface area contributed by atoms with Crippen LogP contribution < -0.4 is 0 Å². The Hall–Kier alpha value is -1.42. The number of hydrogen-bond acceptors (Lipinski definition) is 4. The first kappa shape index (κ1) is 8.67. The van der Waals surface area contributed by atoms with E-state index in [0.29, 0.717) is 12.2 Å². The second-order valence-electron chi connectivity index (χ2n) is 2.21. The molecule has 0 unspecified atom stereocenters. The minimum Gasteiger partial charge on any atom is -0.505 e. The zero-order valence-corrected chi connectivity index (χ0v) is 6.51. The number of aromatic nitrogens is 2. The van der Waals surface area contributed by atoms with Crippen LogP contribution in [0.5, 0.6) is 5.75 Å². The first-order valence-electron chi connectivity index (χ1n) is 3.61. The molecule has 1 heterocycles. The number of rotatable bonds is 3. The quantitative estimate of drug-likeness (QED) is 0.689. The van der Waals surface area contributed by atoms with Crippen LogP contribution in [0.15, 0.2) is 18.5 Å². The molecule has 0 bridgehead atoms. The van der Waals surface area contributed by atoms with E-state index < -0.39 is 0 Å². The highest BCUT2D eigenvalue weighted by Crippen LogP contribution is 2.03. The second-order valence-corrected chi connectivity index (χ2v) is 2.21. The second kappa shape index (κ2) is 4.46. The van der Waals surface area contributed by atoms with Gasteiger partial charge < -0.3 is 10.2 Å². The van der Waals surface area contributed by atoms with Crippen molar-refractivity contribution in [1.82, 2.24) is 9.97 Å². The van der Waals surface area contributed by atoms with Gasteiger partial charge in [0.2, 0.25) is 0 Å². The summed E-state index contributed by atoms with van der Waals surface area (Å²) >= 11 is 0. The molecule has 0 amide bonds. The molecule has 0 aliphatic rings. The summed E-state index contributed by atoms with van der Waals surface area (Å²) in [6, 6.07) is 0. The van der Waals surface area contributed by atoms with Gasteiger partial charge in [-0.05, 0) is 12.5 Å². The minimum atomic E-state index is 0.0503. The van der Waals surface area contributed by atoms with Crippen LogP contribution in [-0.4, -0.2) is 26.8 Å². The van der Waals surface area contributed by atoms with Gasteiger partial charge in [0.05, 0.1) is 12.4 Å². The molecule has 4 nitrogen and oxygen atoms in total. The van der Waals surface area contributed by atoms with Gasteiger partial charge in [0, 0.05) is 6.61 Å². The zero-order valence-electron chi connectivity index (χ0n) is 6.51. The van der Waals surface area contributed by atoms with Gasteiger partial charge in [0.15, 0.2) is 11.6 Å². The van der Waals surface area contributed by atoms with Gasteiger partial charge in [-0.25, -0.2) is 9.97 Å². The molecule has 0 atom stereocenters. The van der Waals surface area contributed by atoms with Crippen molar-refractivity contribution in [2.24, 2.45) is 0 Å². The standard InChI is InChI=1S/C8H10N2O2/c11-4-2-1-3-8-9-5-7(12)6-10-8/h1,3,5-6,11-12H,2,4H2. The van der Waals surface area contributed by atoms with Crippen LogP contribution in [0.3, 0.4) is 0 Å². The number of nitrogens with zero attached hydrogens (tertiary/aromatic N) is 2. The van der Waals surface area contributed by atoms with Gasteiger partial charge in [-0.2, -0.15) is 0 Å². The van der Waals surface area contributed by atoms with Crippen LogP contribution in [0.25, 0.3) is 6.08 Å². The normalized spacial score (nSPS) is 10.8. The summed E-state index contributed by atoms with van der Waals surface area (Å²) < 4.78 is 0. The number of aliphatic hydroxyl groups is 1. The van der Waals surface area contributed by atoms with E-state index in [4.69, 9.17) is 10.2 Å². The Labute approximate surface area is 70.2 Å². The summed E-state index contributed by atoms with van der Waals surface area (Å²) in [4.78, 5) is 7.64. The lowest BCUT2D eigenvalue weighted by molar-refractivity contribution is 0.303. The predicted molar refractivity (Wildman–Crippen MR) is 44.4 cm³/mol. The topological polar surface area (TPSA) is 66.2 Å². The molecular formula is C8H10N2O2. The SMILES string of the molecule is OCCC=Cc1ncc(O)cn1. The molecule has 0 fully saturated rings. The molecule has 0 radical (unpaired) electrons. The molecule has 4 heteroatoms. The molecule has 1 rings (SSSR count). The average molecular weight is 166 g/mol. The Morgan fingerprint density at radius 1 is 1.33 bits per heavy atom. The fourth-order valence-corrected chi connectivity index (χ4v) is 0.681. The lowest BCUT2D eigenvalue weighted by atomic mass is 10.4. The maximum Gasteiger partial charge on any atom is 0.152 e. The van der Waals surface area contributed by atoms with Crippen molar-refractivity contribution in [2.45, 2.75) is 6.42 Å². The Bertz CT molecular complexity index is 256. The van der Waals surface area contributed by atoms with E-state index in [2.05, 4.69) is 9.97 Å². The van der Waals surface area contributed by atoms with E-state index >= 15 is 0 Å². The third-order valence-corrected chi connectivity index (χ3v) is 1.22. The van der Waals surface area contributed by atoms with Crippen molar-refractivity contribution in [2.75, 3.05) is 6.61 Å². The summed E-state index contributed by atoms with van der Waals surface area (Å²) in [5, 5.41) is 17.3. The zero-order chi connectivity index (χ0) is 8.81. The van der Waals surface area contributed by atoms with Crippen LogP contribution in [0.1, 0.15) is 12.2 Å². The maximum atomic E-state index is 8.84. The Kier molecular flexibility index (Phi) is 3.22. The van der Waals surface area contributed by atoms with E-state index in [9.17, 15) is 0 Å². The lowest BCUT2D eigenvalue weighted by Gasteiger charge is -1.91. The molecule has 0 spiro atoms. The average Bonchev–Trinajstić information content (AvgIpc) is 2.09. The largest absolute Gasteiger partial charge is 0.505 e. The summed E-state index contributed by atoms with van der Waals surface area (Å²) in [6.07, 6.45) is 6.70. The first-order chi connectivity index (χ1) is 5.83. The van der Waals surface area contributed by atoms with Gasteiger partial charge in [-0.15, -0.1) is 0 Å². The van der Waals surface area contributed by atoms with Crippen LogP contribution in [0.4, 0.5) is 0 Å². The molecular weight excluding hydrogens is 156 g/mol. The van der Waals surface area contributed by atoms with Gasteiger partial charge in [0.25, 0.3) is 0 Å². The molecule has 0 aliphatic carbocycles. The summed E-state index contributed by atoms with van der Waals surface area (Å²) in [7, 11) is 0. The van der Waals surface area contributed by atoms with Crippen LogP contribution in [-0.2, 0) is 0 Å². The van der Waals surface area contributed by atoms with Crippen molar-refractivity contribution in [1.29, 1.82) is 0 Å². The minimum absolute atomic E-state index is 0.0503. The lowest BCUT2D eigenvalue weighted by Crippen LogP contribution is -1.84. The molecule has 2 N–H and O–H groups in total. The summed E-state index contributed by atoms with van der Waals surface area (Å²) in [5.74, 6) is 0.579. The number of aliphatic hydroxyl groups excluding tert-OH is 1. The van der Waals surface area contributed by atoms with Crippen LogP contribution in [0.2, 0.25) is 0 Å². The molecule has 1 aromatic heterocycles. The van der Waals surface area contributed by atoms with Gasteiger partial charge in [-0.1, -0.05) is 6.08 Å². The third-order valence-electron chi connectivity index (χ3n) is 1.22. The van der Waals surface area contributed by atoms with Gasteiger partial charge >= 0.3 is 0 Å². The molecule has 0 saturated carbocycles. The maximum absolute atomic E-state index is 8.84. The summed E-state index contributed by atoms with van der Waals surface area (Å²) in [5.41, 5.74) is 0. The van der Waals surface area contributed by atoms with Crippen molar-refractivity contribution < 1.29 is 10.2 Å². The van der Waals surface area contributed by atoms with E-state index in [-0.39, 0.29) is 12.4 Å². The van der Waals surface area contributed by atoms with Gasteiger partial charge in [-0.3, -0.25) is 0 Å². The molecule has 1 aromatic rings. The predicted octanol–water partition coefficient (Wildman–Crippen LogP) is 0.578. The van der Waals surface area contributed by atoms with Crippen molar-refractivity contribution in [3.05, 3.63) is 24.3 Å². The highest BCUT2D eigenvalue weighted by Gasteiger charge is 1.89. The van der Waals surface area contributed by atoms with Crippen molar-refractivity contribution in [3.8, 4) is 5.75 Å². The molecule has 0 saturated heterocycles. The van der Waals surface area contributed by atoms with E-state index in [1.807, 2.05) is 0 Å². The van der Waals surface area contributed by atoms with E-state index in [1.165, 1.54) is 12.4 Å². The van der Waals surface area contributed by atoms with E-state index in [0.717, 1.165) is 0 Å². The van der Waals surface area contributed by atoms with Crippen LogP contribution >= 0.6 is 0 Å². The molecule has 12 heavy (non-hydrogen) atoms. The van der Waals surface area contributed by atoms with Crippen molar-refractivity contribution in [3.63, 3.8) is 0 Å². The van der Waals surface area contributed by atoms with Gasteiger partial charge in [0.1, 0.15) is 0 Å². The van der Waals surface area contributed by atoms with Crippen LogP contribution in [0, 0.1) is 0 Å². The van der Waals surface area contributed by atoms with E-state index in [1.54, 1.807) is 12.2 Å². The molecule has 64 valence electrons. The monoisotopic (exact) mass is 166 g/mol. The highest BCUT2D eigenvalue weighted by molar-refractivity contribution is 5.39. The summed E-state index contributed by atoms with van der Waals surface area (Å²) in [6.45, 7) is 0.120.